The molecule has 28 heavy (non-hydrogen) atoms. The molecule has 0 unspecified atom stereocenters. The average Bonchev–Trinajstić information content (AvgIpc) is 3.37. The van der Waals surface area contributed by atoms with Crippen molar-refractivity contribution in [3.8, 4) is 0 Å². The third-order valence-corrected chi connectivity index (χ3v) is 4.88. The number of ether oxygens (including phenoxy) is 1. The van der Waals surface area contributed by atoms with Gasteiger partial charge in [0.1, 0.15) is 0 Å². The maximum atomic E-state index is 11.7. The first-order valence-electron chi connectivity index (χ1n) is 8.74. The van der Waals surface area contributed by atoms with Crippen LogP contribution in [0.15, 0.2) is 47.1 Å². The molecule has 0 atom stereocenters. The number of nitrogens with one attached hydrogen (secondary N) is 2. The number of nitrogens with zero attached hydrogens (tertiary/aromatic N) is 1. The van der Waals surface area contributed by atoms with Gasteiger partial charge in [-0.2, -0.15) is 0 Å². The molecular formula is C19H19N3O5S. The van der Waals surface area contributed by atoms with E-state index in [2.05, 4.69) is 15.8 Å². The van der Waals surface area contributed by atoms with Crippen LogP contribution in [0, 0.1) is 0 Å². The Morgan fingerprint density at radius 2 is 1.93 bits per heavy atom. The lowest BCUT2D eigenvalue weighted by Gasteiger charge is -2.07. The minimum atomic E-state index is -0.636. The van der Waals surface area contributed by atoms with Gasteiger partial charge in [0.15, 0.2) is 12.4 Å². The van der Waals surface area contributed by atoms with Crippen molar-refractivity contribution in [2.24, 2.45) is 0 Å². The van der Waals surface area contributed by atoms with E-state index in [4.69, 9.17) is 9.15 Å². The summed E-state index contributed by atoms with van der Waals surface area (Å²) in [5, 5.41) is 1.04. The first-order valence-corrected chi connectivity index (χ1v) is 9.56. The van der Waals surface area contributed by atoms with Crippen LogP contribution in [0.5, 0.6) is 0 Å². The zero-order chi connectivity index (χ0) is 19.8. The highest BCUT2D eigenvalue weighted by molar-refractivity contribution is 7.18. The van der Waals surface area contributed by atoms with Crippen molar-refractivity contribution in [1.29, 1.82) is 0 Å². The van der Waals surface area contributed by atoms with Crippen molar-refractivity contribution in [3.05, 3.63) is 53.4 Å². The zero-order valence-electron chi connectivity index (χ0n) is 15.0. The number of aromatic nitrogens is 1. The van der Waals surface area contributed by atoms with Gasteiger partial charge in [0.05, 0.1) is 21.5 Å². The van der Waals surface area contributed by atoms with Crippen molar-refractivity contribution >= 4 is 39.3 Å². The van der Waals surface area contributed by atoms with Crippen LogP contribution in [0.2, 0.25) is 0 Å². The third-order valence-electron chi connectivity index (χ3n) is 3.78. The monoisotopic (exact) mass is 401 g/mol. The number of hydrogen-bond donors (Lipinski definition) is 2. The highest BCUT2D eigenvalue weighted by Gasteiger charge is 2.11. The predicted octanol–water partition coefficient (Wildman–Crippen LogP) is 2.61. The van der Waals surface area contributed by atoms with Crippen molar-refractivity contribution in [2.75, 3.05) is 6.61 Å². The average molecular weight is 401 g/mol. The first-order chi connectivity index (χ1) is 13.6. The molecule has 0 fully saturated rings. The molecule has 8 nitrogen and oxygen atoms in total. The molecule has 0 bridgehead atoms. The highest BCUT2D eigenvalue weighted by Crippen LogP contribution is 2.22. The minimum absolute atomic E-state index is 0.0606. The molecule has 3 rings (SSSR count). The fourth-order valence-corrected chi connectivity index (χ4v) is 3.43. The fourth-order valence-electron chi connectivity index (χ4n) is 2.42. The number of carbonyl (C=O) groups is 3. The summed E-state index contributed by atoms with van der Waals surface area (Å²) in [5.41, 5.74) is 5.30. The number of para-hydroxylation sites is 1. The van der Waals surface area contributed by atoms with Crippen LogP contribution in [0.1, 0.15) is 34.8 Å². The van der Waals surface area contributed by atoms with E-state index in [1.807, 2.05) is 24.3 Å². The summed E-state index contributed by atoms with van der Waals surface area (Å²) in [7, 11) is 0. The first kappa shape index (κ1) is 19.6. The Morgan fingerprint density at radius 1 is 1.07 bits per heavy atom. The second-order valence-corrected chi connectivity index (χ2v) is 7.04. The van der Waals surface area contributed by atoms with E-state index >= 15 is 0 Å². The predicted molar refractivity (Wildman–Crippen MR) is 102 cm³/mol. The fraction of sp³-hybridized carbons (Fsp3) is 0.263. The molecule has 0 spiro atoms. The Morgan fingerprint density at radius 3 is 2.71 bits per heavy atom. The van der Waals surface area contributed by atoms with Crippen LogP contribution in [-0.2, 0) is 20.7 Å². The molecule has 146 valence electrons. The Kier molecular flexibility index (Phi) is 6.74. The van der Waals surface area contributed by atoms with Gasteiger partial charge in [-0.1, -0.05) is 12.1 Å². The van der Waals surface area contributed by atoms with Crippen LogP contribution >= 0.6 is 11.3 Å². The summed E-state index contributed by atoms with van der Waals surface area (Å²) in [4.78, 5) is 39.4. The summed E-state index contributed by atoms with van der Waals surface area (Å²) < 4.78 is 10.9. The van der Waals surface area contributed by atoms with Crippen LogP contribution in [0.3, 0.4) is 0 Å². The summed E-state index contributed by atoms with van der Waals surface area (Å²) in [6.45, 7) is -0.463. The van der Waals surface area contributed by atoms with E-state index in [1.54, 1.807) is 17.4 Å². The van der Waals surface area contributed by atoms with Gasteiger partial charge < -0.3 is 9.15 Å². The van der Waals surface area contributed by atoms with Crippen molar-refractivity contribution in [2.45, 2.75) is 25.7 Å². The number of unbranched alkanes of at least 4 members (excludes halogenated alkanes) is 1. The molecule has 0 aliphatic rings. The normalized spacial score (nSPS) is 10.6. The molecule has 0 radical (unpaired) electrons. The molecule has 9 heteroatoms. The van der Waals surface area contributed by atoms with Gasteiger partial charge in [-0.15, -0.1) is 11.3 Å². The van der Waals surface area contributed by atoms with Gasteiger partial charge >= 0.3 is 11.9 Å². The molecule has 2 aromatic heterocycles. The molecule has 0 saturated carbocycles. The maximum absolute atomic E-state index is 11.7. The number of fused-ring (bicyclic) bond motifs is 1. The molecule has 2 heterocycles. The maximum Gasteiger partial charge on any atom is 0.306 e. The molecule has 3 aromatic rings. The van der Waals surface area contributed by atoms with Crippen molar-refractivity contribution in [3.63, 3.8) is 0 Å². The highest BCUT2D eigenvalue weighted by atomic mass is 32.1. The Balaban J connectivity index is 1.28. The smallest absolute Gasteiger partial charge is 0.306 e. The third kappa shape index (κ3) is 5.65. The number of carbonyl (C=O) groups excluding carboxylic acids is 3. The Bertz CT molecular complexity index is 919. The van der Waals surface area contributed by atoms with Crippen LogP contribution in [0.4, 0.5) is 0 Å². The summed E-state index contributed by atoms with van der Waals surface area (Å²) in [6.07, 6.45) is 3.81. The molecular weight excluding hydrogens is 382 g/mol. The van der Waals surface area contributed by atoms with Gasteiger partial charge in [0.25, 0.3) is 5.91 Å². The van der Waals surface area contributed by atoms with Crippen LogP contribution in [-0.4, -0.2) is 29.4 Å². The lowest BCUT2D eigenvalue weighted by Crippen LogP contribution is -2.43. The zero-order valence-corrected chi connectivity index (χ0v) is 15.8. The van der Waals surface area contributed by atoms with E-state index in [1.165, 1.54) is 12.3 Å². The minimum Gasteiger partial charge on any atom is -0.459 e. The van der Waals surface area contributed by atoms with E-state index in [9.17, 15) is 14.4 Å². The summed E-state index contributed by atoms with van der Waals surface area (Å²) in [5.74, 6) is -1.63. The van der Waals surface area contributed by atoms with E-state index in [-0.39, 0.29) is 12.2 Å². The number of benzene rings is 1. The van der Waals surface area contributed by atoms with Crippen molar-refractivity contribution in [1.82, 2.24) is 15.8 Å². The number of esters is 1. The molecule has 0 saturated heterocycles. The largest absolute Gasteiger partial charge is 0.459 e. The number of rotatable bonds is 8. The second kappa shape index (κ2) is 9.65. The number of thiazole rings is 1. The van der Waals surface area contributed by atoms with Crippen LogP contribution < -0.4 is 10.9 Å². The number of amides is 2. The molecule has 2 amide bonds. The number of aryl methyl sites for hydroxylation is 1. The Labute approximate surface area is 164 Å². The molecule has 0 aliphatic carbocycles. The van der Waals surface area contributed by atoms with Crippen LogP contribution in [0.25, 0.3) is 10.2 Å². The number of hydrogen-bond acceptors (Lipinski definition) is 7. The summed E-state index contributed by atoms with van der Waals surface area (Å²) in [6, 6.07) is 11.0. The number of hydrazine groups is 1. The quantitative estimate of drug-likeness (QED) is 0.341. The van der Waals surface area contributed by atoms with E-state index < -0.39 is 24.4 Å². The van der Waals surface area contributed by atoms with Gasteiger partial charge in [-0.25, -0.2) is 4.98 Å². The lowest BCUT2D eigenvalue weighted by atomic mass is 10.2. The van der Waals surface area contributed by atoms with E-state index in [0.29, 0.717) is 6.42 Å². The van der Waals surface area contributed by atoms with Gasteiger partial charge in [0.2, 0.25) is 0 Å². The topological polar surface area (TPSA) is 111 Å². The molecule has 2 N–H and O–H groups in total. The SMILES string of the molecule is O=C(COC(=O)CCCCc1nc2ccccc2s1)NNC(=O)c1ccco1. The standard InChI is InChI=1S/C19H19N3O5S/c23-16(21-22-19(25)14-7-5-11-26-14)12-27-18(24)10-4-3-9-17-20-13-6-1-2-8-15(13)28-17/h1-2,5-8,11H,3-4,9-10,12H2,(H,21,23)(H,22,25). The lowest BCUT2D eigenvalue weighted by molar-refractivity contribution is -0.148. The van der Waals surface area contributed by atoms with Gasteiger partial charge in [0, 0.05) is 6.42 Å². The second-order valence-electron chi connectivity index (χ2n) is 5.92. The number of furan rings is 1. The molecule has 0 aliphatic heterocycles. The van der Waals surface area contributed by atoms with Crippen molar-refractivity contribution < 1.29 is 23.5 Å². The van der Waals surface area contributed by atoms with Gasteiger partial charge in [-0.05, 0) is 43.5 Å². The van der Waals surface area contributed by atoms with Gasteiger partial charge in [-0.3, -0.25) is 25.2 Å². The van der Waals surface area contributed by atoms with E-state index in [0.717, 1.165) is 28.1 Å². The molecule has 1 aromatic carbocycles. The summed E-state index contributed by atoms with van der Waals surface area (Å²) >= 11 is 1.66. The Hall–Kier alpha value is -3.20.